The molecule has 0 aromatic carbocycles. The third kappa shape index (κ3) is 1.45. The summed E-state index contributed by atoms with van der Waals surface area (Å²) in [5.41, 5.74) is 0.309. The molecular weight excluding hydrogens is 153 g/mol. The molecule has 1 aromatic rings. The van der Waals surface area contributed by atoms with Gasteiger partial charge in [0, 0.05) is 6.20 Å². The van der Waals surface area contributed by atoms with Gasteiger partial charge in [0.05, 0.1) is 11.1 Å². The minimum absolute atomic E-state index is 0.309. The van der Waals surface area contributed by atoms with E-state index in [-0.39, 0.29) is 11.2 Å². The highest BCUT2D eigenvalue weighted by Crippen LogP contribution is 2.18. The van der Waals surface area contributed by atoms with Gasteiger partial charge < -0.3 is 0 Å². The van der Waals surface area contributed by atoms with E-state index in [1.54, 1.807) is 6.92 Å². The highest BCUT2D eigenvalue weighted by Gasteiger charge is 2.06. The Bertz CT molecular complexity index is 225. The number of alkyl halides is 1. The van der Waals surface area contributed by atoms with Gasteiger partial charge in [0.15, 0.2) is 0 Å². The van der Waals surface area contributed by atoms with Gasteiger partial charge in [-0.3, -0.25) is 4.98 Å². The zero-order valence-electron chi connectivity index (χ0n) is 5.51. The van der Waals surface area contributed by atoms with Crippen LogP contribution in [0, 0.1) is 5.82 Å². The van der Waals surface area contributed by atoms with Crippen molar-refractivity contribution in [1.82, 2.24) is 4.98 Å². The molecule has 1 atom stereocenters. The molecule has 3 heteroatoms. The smallest absolute Gasteiger partial charge is 0.146 e. The van der Waals surface area contributed by atoms with Crippen LogP contribution >= 0.6 is 11.6 Å². The standard InChI is InChI=1S/C7H7ClFN/c1-5(8)7-6(9)3-2-4-10-7/h2-5H,1H3/t5-/m1/s1. The number of halogens is 2. The SMILES string of the molecule is C[C@@H](Cl)c1ncccc1F. The molecule has 0 saturated heterocycles. The van der Waals surface area contributed by atoms with Gasteiger partial charge in [0.1, 0.15) is 5.82 Å². The fourth-order valence-corrected chi connectivity index (χ4v) is 0.851. The summed E-state index contributed by atoms with van der Waals surface area (Å²) in [6.07, 6.45) is 1.53. The van der Waals surface area contributed by atoms with E-state index in [1.165, 1.54) is 18.3 Å². The van der Waals surface area contributed by atoms with Crippen molar-refractivity contribution >= 4 is 11.6 Å². The van der Waals surface area contributed by atoms with E-state index in [0.29, 0.717) is 5.69 Å². The van der Waals surface area contributed by atoms with Crippen molar-refractivity contribution in [3.63, 3.8) is 0 Å². The summed E-state index contributed by atoms with van der Waals surface area (Å²) in [6, 6.07) is 2.89. The first-order valence-corrected chi connectivity index (χ1v) is 3.40. The van der Waals surface area contributed by atoms with Gasteiger partial charge in [0.25, 0.3) is 0 Å². The first kappa shape index (κ1) is 7.48. The Morgan fingerprint density at radius 2 is 2.40 bits per heavy atom. The third-order valence-corrected chi connectivity index (χ3v) is 1.37. The average molecular weight is 160 g/mol. The molecule has 10 heavy (non-hydrogen) atoms. The van der Waals surface area contributed by atoms with Gasteiger partial charge in [-0.15, -0.1) is 11.6 Å². The zero-order valence-corrected chi connectivity index (χ0v) is 6.27. The topological polar surface area (TPSA) is 12.9 Å². The van der Waals surface area contributed by atoms with Crippen LogP contribution in [0.15, 0.2) is 18.3 Å². The molecule has 1 aromatic heterocycles. The van der Waals surface area contributed by atoms with E-state index < -0.39 is 0 Å². The lowest BCUT2D eigenvalue weighted by Gasteiger charge is -2.01. The second kappa shape index (κ2) is 2.97. The van der Waals surface area contributed by atoms with Gasteiger partial charge >= 0.3 is 0 Å². The van der Waals surface area contributed by atoms with Gasteiger partial charge in [0.2, 0.25) is 0 Å². The van der Waals surface area contributed by atoms with Crippen LogP contribution in [0.3, 0.4) is 0 Å². The molecule has 0 aliphatic rings. The monoisotopic (exact) mass is 159 g/mol. The number of pyridine rings is 1. The molecule has 0 spiro atoms. The summed E-state index contributed by atoms with van der Waals surface area (Å²) in [4.78, 5) is 3.77. The summed E-state index contributed by atoms with van der Waals surface area (Å²) in [5.74, 6) is -0.343. The number of aromatic nitrogens is 1. The lowest BCUT2D eigenvalue weighted by atomic mass is 10.3. The number of hydrogen-bond acceptors (Lipinski definition) is 1. The van der Waals surface area contributed by atoms with Crippen molar-refractivity contribution in [2.75, 3.05) is 0 Å². The molecule has 0 unspecified atom stereocenters. The van der Waals surface area contributed by atoms with Gasteiger partial charge in [-0.1, -0.05) is 0 Å². The average Bonchev–Trinajstić information content (AvgIpc) is 1.88. The molecule has 0 radical (unpaired) electrons. The van der Waals surface area contributed by atoms with Crippen LogP contribution in [0.25, 0.3) is 0 Å². The van der Waals surface area contributed by atoms with Crippen LogP contribution < -0.4 is 0 Å². The van der Waals surface area contributed by atoms with Crippen molar-refractivity contribution < 1.29 is 4.39 Å². The predicted molar refractivity (Wildman–Crippen MR) is 38.5 cm³/mol. The van der Waals surface area contributed by atoms with Gasteiger partial charge in [-0.25, -0.2) is 4.39 Å². The molecule has 1 heterocycles. The van der Waals surface area contributed by atoms with E-state index in [0.717, 1.165) is 0 Å². The molecule has 0 bridgehead atoms. The maximum atomic E-state index is 12.7. The van der Waals surface area contributed by atoms with E-state index in [9.17, 15) is 4.39 Å². The lowest BCUT2D eigenvalue weighted by molar-refractivity contribution is 0.599. The minimum Gasteiger partial charge on any atom is -0.257 e. The molecule has 0 aliphatic heterocycles. The summed E-state index contributed by atoms with van der Waals surface area (Å²) in [5, 5.41) is -0.360. The van der Waals surface area contributed by atoms with Crippen molar-refractivity contribution in [3.8, 4) is 0 Å². The zero-order chi connectivity index (χ0) is 7.56. The third-order valence-electron chi connectivity index (χ3n) is 1.16. The van der Waals surface area contributed by atoms with Crippen LogP contribution in [-0.2, 0) is 0 Å². The van der Waals surface area contributed by atoms with E-state index in [1.807, 2.05) is 0 Å². The van der Waals surface area contributed by atoms with Crippen molar-refractivity contribution in [2.24, 2.45) is 0 Å². The fraction of sp³-hybridized carbons (Fsp3) is 0.286. The van der Waals surface area contributed by atoms with Crippen LogP contribution in [0.5, 0.6) is 0 Å². The van der Waals surface area contributed by atoms with Crippen LogP contribution in [0.4, 0.5) is 4.39 Å². The van der Waals surface area contributed by atoms with Crippen molar-refractivity contribution in [1.29, 1.82) is 0 Å². The Labute approximate surface area is 63.8 Å². The molecular formula is C7H7ClFN. The van der Waals surface area contributed by atoms with Crippen LogP contribution in [0.2, 0.25) is 0 Å². The molecule has 0 saturated carbocycles. The first-order chi connectivity index (χ1) is 4.72. The Morgan fingerprint density at radius 3 is 2.80 bits per heavy atom. The van der Waals surface area contributed by atoms with Crippen molar-refractivity contribution in [2.45, 2.75) is 12.3 Å². The van der Waals surface area contributed by atoms with Gasteiger partial charge in [-0.05, 0) is 19.1 Å². The van der Waals surface area contributed by atoms with E-state index in [2.05, 4.69) is 4.98 Å². The highest BCUT2D eigenvalue weighted by molar-refractivity contribution is 6.20. The Kier molecular flexibility index (Phi) is 2.22. The fourth-order valence-electron chi connectivity index (χ4n) is 0.691. The molecule has 0 fully saturated rings. The summed E-state index contributed by atoms with van der Waals surface area (Å²) >= 11 is 5.61. The quantitative estimate of drug-likeness (QED) is 0.574. The normalized spacial score (nSPS) is 13.1. The number of nitrogens with zero attached hydrogens (tertiary/aromatic N) is 1. The number of hydrogen-bond donors (Lipinski definition) is 0. The molecule has 0 N–H and O–H groups in total. The first-order valence-electron chi connectivity index (χ1n) is 2.96. The summed E-state index contributed by atoms with van der Waals surface area (Å²) in [7, 11) is 0. The number of rotatable bonds is 1. The molecule has 1 rings (SSSR count). The summed E-state index contributed by atoms with van der Waals surface area (Å²) < 4.78 is 12.7. The molecule has 1 nitrogen and oxygen atoms in total. The largest absolute Gasteiger partial charge is 0.257 e. The molecule has 0 amide bonds. The van der Waals surface area contributed by atoms with Crippen molar-refractivity contribution in [3.05, 3.63) is 29.8 Å². The van der Waals surface area contributed by atoms with Crippen LogP contribution in [-0.4, -0.2) is 4.98 Å². The molecule has 54 valence electrons. The lowest BCUT2D eigenvalue weighted by Crippen LogP contribution is -1.93. The minimum atomic E-state index is -0.360. The second-order valence-corrected chi connectivity index (χ2v) is 2.64. The van der Waals surface area contributed by atoms with Gasteiger partial charge in [-0.2, -0.15) is 0 Å². The predicted octanol–water partition coefficient (Wildman–Crippen LogP) is 2.52. The summed E-state index contributed by atoms with van der Waals surface area (Å²) in [6.45, 7) is 1.69. The molecule has 0 aliphatic carbocycles. The Morgan fingerprint density at radius 1 is 1.70 bits per heavy atom. The highest BCUT2D eigenvalue weighted by atomic mass is 35.5. The maximum Gasteiger partial charge on any atom is 0.146 e. The Hall–Kier alpha value is -0.630. The van der Waals surface area contributed by atoms with Crippen LogP contribution in [0.1, 0.15) is 18.0 Å². The Balaban J connectivity index is 3.03. The second-order valence-electron chi connectivity index (χ2n) is 1.99. The van der Waals surface area contributed by atoms with E-state index >= 15 is 0 Å². The van der Waals surface area contributed by atoms with E-state index in [4.69, 9.17) is 11.6 Å². The maximum absolute atomic E-state index is 12.7.